The van der Waals surface area contributed by atoms with Crippen molar-refractivity contribution in [2.45, 2.75) is 30.5 Å². The molecule has 114 valence electrons. The molecule has 1 atom stereocenters. The third-order valence-electron chi connectivity index (χ3n) is 2.83. The molecule has 0 saturated heterocycles. The Balaban J connectivity index is 2.95. The summed E-state index contributed by atoms with van der Waals surface area (Å²) in [6.45, 7) is 4.99. The lowest BCUT2D eigenvalue weighted by molar-refractivity contribution is 0.336. The van der Waals surface area contributed by atoms with Crippen LogP contribution in [0.3, 0.4) is 0 Å². The highest BCUT2D eigenvalue weighted by Crippen LogP contribution is 2.22. The molecule has 0 radical (unpaired) electrons. The molecular formula is C13H22N2O3S2. The summed E-state index contributed by atoms with van der Waals surface area (Å²) in [5, 5.41) is 0.224. The lowest BCUT2D eigenvalue weighted by Gasteiger charge is -2.13. The molecule has 0 aliphatic rings. The Morgan fingerprint density at radius 2 is 2.15 bits per heavy atom. The van der Waals surface area contributed by atoms with Crippen molar-refractivity contribution in [3.8, 4) is 5.75 Å². The van der Waals surface area contributed by atoms with E-state index in [0.29, 0.717) is 24.5 Å². The van der Waals surface area contributed by atoms with Crippen molar-refractivity contribution < 1.29 is 13.2 Å². The summed E-state index contributed by atoms with van der Waals surface area (Å²) in [6, 6.07) is 4.76. The molecule has 5 nitrogen and oxygen atoms in total. The second kappa shape index (κ2) is 7.87. The first-order chi connectivity index (χ1) is 9.44. The molecular weight excluding hydrogens is 296 g/mol. The Morgan fingerprint density at radius 1 is 1.45 bits per heavy atom. The van der Waals surface area contributed by atoms with Gasteiger partial charge in [-0.05, 0) is 31.4 Å². The van der Waals surface area contributed by atoms with Crippen molar-refractivity contribution in [2.24, 2.45) is 5.73 Å². The van der Waals surface area contributed by atoms with E-state index in [9.17, 15) is 8.42 Å². The number of rotatable bonds is 8. The molecule has 1 aromatic rings. The summed E-state index contributed by atoms with van der Waals surface area (Å²) in [5.41, 5.74) is 6.33. The molecule has 0 aliphatic carbocycles. The van der Waals surface area contributed by atoms with Crippen LogP contribution in [-0.4, -0.2) is 33.1 Å². The highest BCUT2D eigenvalue weighted by molar-refractivity contribution is 7.99. The van der Waals surface area contributed by atoms with Crippen LogP contribution in [0.4, 0.5) is 0 Å². The normalized spacial score (nSPS) is 13.2. The van der Waals surface area contributed by atoms with Gasteiger partial charge in [-0.25, -0.2) is 13.1 Å². The Bertz CT molecular complexity index is 532. The first-order valence-electron chi connectivity index (χ1n) is 6.42. The highest BCUT2D eigenvalue weighted by Gasteiger charge is 2.16. The summed E-state index contributed by atoms with van der Waals surface area (Å²) in [5.74, 6) is 0.631. The Labute approximate surface area is 125 Å². The lowest BCUT2D eigenvalue weighted by Crippen LogP contribution is -2.29. The van der Waals surface area contributed by atoms with Gasteiger partial charge >= 0.3 is 0 Å². The molecule has 0 bridgehead atoms. The summed E-state index contributed by atoms with van der Waals surface area (Å²) in [7, 11) is -3.50. The maximum Gasteiger partial charge on any atom is 0.240 e. The summed E-state index contributed by atoms with van der Waals surface area (Å²) in [4.78, 5) is 0.217. The third-order valence-corrected chi connectivity index (χ3v) is 5.22. The molecule has 0 fully saturated rings. The van der Waals surface area contributed by atoms with Crippen molar-refractivity contribution in [3.05, 3.63) is 23.8 Å². The summed E-state index contributed by atoms with van der Waals surface area (Å²) >= 11 is 1.61. The molecule has 1 aromatic carbocycles. The number of ether oxygens (including phenoxy) is 1. The number of nitrogens with two attached hydrogens (primary N) is 1. The predicted octanol–water partition coefficient (Wildman–Crippen LogP) is 1.57. The van der Waals surface area contributed by atoms with Gasteiger partial charge in [0.2, 0.25) is 10.0 Å². The van der Waals surface area contributed by atoms with Crippen molar-refractivity contribution in [1.29, 1.82) is 0 Å². The minimum absolute atomic E-state index is 0.217. The minimum atomic E-state index is -3.50. The number of hydrogen-bond donors (Lipinski definition) is 2. The zero-order valence-electron chi connectivity index (χ0n) is 12.0. The van der Waals surface area contributed by atoms with Gasteiger partial charge in [0.05, 0.1) is 11.5 Å². The maximum atomic E-state index is 12.2. The van der Waals surface area contributed by atoms with Gasteiger partial charge < -0.3 is 10.5 Å². The molecule has 1 unspecified atom stereocenters. The number of benzene rings is 1. The molecule has 0 heterocycles. The maximum absolute atomic E-state index is 12.2. The quantitative estimate of drug-likeness (QED) is 0.760. The molecule has 0 aliphatic heterocycles. The van der Waals surface area contributed by atoms with E-state index < -0.39 is 10.0 Å². The van der Waals surface area contributed by atoms with Crippen molar-refractivity contribution in [3.63, 3.8) is 0 Å². The van der Waals surface area contributed by atoms with E-state index in [0.717, 1.165) is 0 Å². The average molecular weight is 318 g/mol. The van der Waals surface area contributed by atoms with E-state index in [1.54, 1.807) is 23.9 Å². The zero-order chi connectivity index (χ0) is 15.2. The van der Waals surface area contributed by atoms with E-state index in [-0.39, 0.29) is 16.7 Å². The second-order valence-electron chi connectivity index (χ2n) is 4.30. The van der Waals surface area contributed by atoms with Crippen LogP contribution in [0.2, 0.25) is 0 Å². The summed E-state index contributed by atoms with van der Waals surface area (Å²) < 4.78 is 32.4. The van der Waals surface area contributed by atoms with Crippen LogP contribution < -0.4 is 15.2 Å². The largest absolute Gasteiger partial charge is 0.494 e. The lowest BCUT2D eigenvalue weighted by atomic mass is 10.2. The fraction of sp³-hybridized carbons (Fsp3) is 0.538. The topological polar surface area (TPSA) is 81.4 Å². The van der Waals surface area contributed by atoms with E-state index in [4.69, 9.17) is 10.5 Å². The van der Waals surface area contributed by atoms with Crippen LogP contribution in [0.25, 0.3) is 0 Å². The summed E-state index contributed by atoms with van der Waals surface area (Å²) in [6.07, 6.45) is 1.95. The SMILES string of the molecule is CCOc1ccc(S(=O)(=O)NCC(C)SC)cc1CN. The third kappa shape index (κ3) is 4.66. The number of thioether (sulfide) groups is 1. The van der Waals surface area contributed by atoms with E-state index >= 15 is 0 Å². The predicted molar refractivity (Wildman–Crippen MR) is 83.7 cm³/mol. The smallest absolute Gasteiger partial charge is 0.240 e. The Hall–Kier alpha value is -0.760. The van der Waals surface area contributed by atoms with Gasteiger partial charge in [-0.15, -0.1) is 0 Å². The van der Waals surface area contributed by atoms with Crippen molar-refractivity contribution >= 4 is 21.8 Å². The monoisotopic (exact) mass is 318 g/mol. The molecule has 0 amide bonds. The standard InChI is InChI=1S/C13H22N2O3S2/c1-4-18-13-6-5-12(7-11(13)8-14)20(16,17)15-9-10(2)19-3/h5-7,10,15H,4,8-9,14H2,1-3H3. The van der Waals surface area contributed by atoms with Crippen LogP contribution in [0.5, 0.6) is 5.75 Å². The van der Waals surface area contributed by atoms with Gasteiger partial charge in [0.1, 0.15) is 5.75 Å². The number of sulfonamides is 1. The van der Waals surface area contributed by atoms with Crippen LogP contribution in [-0.2, 0) is 16.6 Å². The Kier molecular flexibility index (Phi) is 6.81. The molecule has 20 heavy (non-hydrogen) atoms. The number of nitrogens with one attached hydrogen (secondary N) is 1. The molecule has 0 spiro atoms. The van der Waals surface area contributed by atoms with Gasteiger partial charge in [0.25, 0.3) is 0 Å². The fourth-order valence-corrected chi connectivity index (χ4v) is 3.11. The first kappa shape index (κ1) is 17.3. The van der Waals surface area contributed by atoms with E-state index in [1.807, 2.05) is 20.1 Å². The highest BCUT2D eigenvalue weighted by atomic mass is 32.2. The van der Waals surface area contributed by atoms with Crippen LogP contribution in [0.1, 0.15) is 19.4 Å². The number of hydrogen-bond acceptors (Lipinski definition) is 5. The van der Waals surface area contributed by atoms with Crippen molar-refractivity contribution in [1.82, 2.24) is 4.72 Å². The van der Waals surface area contributed by atoms with Gasteiger partial charge in [-0.3, -0.25) is 0 Å². The van der Waals surface area contributed by atoms with Gasteiger partial charge in [0.15, 0.2) is 0 Å². The Morgan fingerprint density at radius 3 is 2.70 bits per heavy atom. The zero-order valence-corrected chi connectivity index (χ0v) is 13.7. The first-order valence-corrected chi connectivity index (χ1v) is 9.20. The molecule has 3 N–H and O–H groups in total. The van der Waals surface area contributed by atoms with Gasteiger partial charge in [0, 0.05) is 23.9 Å². The average Bonchev–Trinajstić information content (AvgIpc) is 2.45. The van der Waals surface area contributed by atoms with E-state index in [1.165, 1.54) is 6.07 Å². The van der Waals surface area contributed by atoms with Gasteiger partial charge in [-0.2, -0.15) is 11.8 Å². The van der Waals surface area contributed by atoms with Crippen LogP contribution in [0, 0.1) is 0 Å². The molecule has 0 saturated carbocycles. The fourth-order valence-electron chi connectivity index (χ4n) is 1.57. The van der Waals surface area contributed by atoms with Crippen LogP contribution in [0.15, 0.2) is 23.1 Å². The van der Waals surface area contributed by atoms with Crippen molar-refractivity contribution in [2.75, 3.05) is 19.4 Å². The van der Waals surface area contributed by atoms with Crippen LogP contribution >= 0.6 is 11.8 Å². The second-order valence-corrected chi connectivity index (χ2v) is 7.35. The molecule has 0 aromatic heterocycles. The van der Waals surface area contributed by atoms with E-state index in [2.05, 4.69) is 4.72 Å². The molecule has 1 rings (SSSR count). The minimum Gasteiger partial charge on any atom is -0.494 e. The molecule has 7 heteroatoms. The van der Waals surface area contributed by atoms with Gasteiger partial charge in [-0.1, -0.05) is 6.92 Å².